The maximum Gasteiger partial charge on any atom is 0.244 e. The van der Waals surface area contributed by atoms with Gasteiger partial charge >= 0.3 is 0 Å². The molecule has 11 heteroatoms. The second kappa shape index (κ2) is 7.88. The Morgan fingerprint density at radius 1 is 0.968 bits per heavy atom. The molecule has 0 spiro atoms. The average molecular weight is 468 g/mol. The lowest BCUT2D eigenvalue weighted by Gasteiger charge is -2.35. The highest BCUT2D eigenvalue weighted by Crippen LogP contribution is 2.30. The van der Waals surface area contributed by atoms with E-state index in [4.69, 9.17) is 0 Å². The largest absolute Gasteiger partial charge is 0.367 e. The van der Waals surface area contributed by atoms with E-state index in [0.717, 1.165) is 4.31 Å². The molecule has 0 bridgehead atoms. The number of rotatable bonds is 4. The van der Waals surface area contributed by atoms with Gasteiger partial charge in [-0.3, -0.25) is 4.79 Å². The molecule has 0 aliphatic carbocycles. The minimum absolute atomic E-state index is 0.00711. The third-order valence-electron chi connectivity index (χ3n) is 5.50. The molecule has 0 N–H and O–H groups in total. The Morgan fingerprint density at radius 3 is 2.13 bits per heavy atom. The molecule has 8 nitrogen and oxygen atoms in total. The zero-order chi connectivity index (χ0) is 22.4. The van der Waals surface area contributed by atoms with Crippen molar-refractivity contribution < 1.29 is 26.0 Å². The maximum absolute atomic E-state index is 14.0. The summed E-state index contributed by atoms with van der Waals surface area (Å²) < 4.78 is 66.5. The lowest BCUT2D eigenvalue weighted by atomic mass is 10.2. The molecule has 2 aliphatic heterocycles. The normalized spacial score (nSPS) is 22.1. The van der Waals surface area contributed by atoms with E-state index >= 15 is 0 Å². The quantitative estimate of drug-likeness (QED) is 0.679. The summed E-state index contributed by atoms with van der Waals surface area (Å²) in [5.41, 5.74) is 0.562. The number of piperazine rings is 1. The standard InChI is InChI=1S/C20H22FN3O5S2/c1-15-14-30(26,27)24(20(15)25)16-6-8-17(9-7-16)31(28,29)23-12-10-22(11-13-23)19-5-3-2-4-18(19)21/h2-9,15H,10-14H2,1H3. The first-order chi connectivity index (χ1) is 14.6. The molecule has 2 fully saturated rings. The summed E-state index contributed by atoms with van der Waals surface area (Å²) >= 11 is 0. The van der Waals surface area contributed by atoms with Gasteiger partial charge in [0.25, 0.3) is 0 Å². The summed E-state index contributed by atoms with van der Waals surface area (Å²) in [6.07, 6.45) is 0. The third kappa shape index (κ3) is 3.92. The average Bonchev–Trinajstić information content (AvgIpc) is 2.95. The van der Waals surface area contributed by atoms with E-state index in [0.29, 0.717) is 18.8 Å². The van der Waals surface area contributed by atoms with Gasteiger partial charge < -0.3 is 4.90 Å². The Bertz CT molecular complexity index is 1210. The highest BCUT2D eigenvalue weighted by Gasteiger charge is 2.42. The van der Waals surface area contributed by atoms with Crippen LogP contribution < -0.4 is 9.21 Å². The van der Waals surface area contributed by atoms with Gasteiger partial charge in [0.1, 0.15) is 5.82 Å². The number of hydrogen-bond donors (Lipinski definition) is 0. The number of sulfonamides is 2. The molecular formula is C20H22FN3O5S2. The van der Waals surface area contributed by atoms with Gasteiger partial charge in [0.05, 0.1) is 27.9 Å². The molecule has 1 amide bonds. The predicted molar refractivity (Wildman–Crippen MR) is 114 cm³/mol. The molecule has 1 unspecified atom stereocenters. The molecule has 0 radical (unpaired) electrons. The summed E-state index contributed by atoms with van der Waals surface area (Å²) in [6, 6.07) is 11.6. The number of carbonyl (C=O) groups is 1. The number of para-hydroxylation sites is 1. The highest BCUT2D eigenvalue weighted by atomic mass is 32.2. The second-order valence-electron chi connectivity index (χ2n) is 7.62. The number of anilines is 2. The van der Waals surface area contributed by atoms with E-state index in [1.54, 1.807) is 30.0 Å². The monoisotopic (exact) mass is 467 g/mol. The SMILES string of the molecule is CC1CS(=O)(=O)N(c2ccc(S(=O)(=O)N3CCN(c4ccccc4F)CC3)cc2)C1=O. The van der Waals surface area contributed by atoms with Crippen LogP contribution >= 0.6 is 0 Å². The van der Waals surface area contributed by atoms with E-state index in [1.807, 2.05) is 0 Å². The zero-order valence-corrected chi connectivity index (χ0v) is 18.4. The lowest BCUT2D eigenvalue weighted by Crippen LogP contribution is -2.48. The zero-order valence-electron chi connectivity index (χ0n) is 16.8. The third-order valence-corrected chi connectivity index (χ3v) is 9.28. The van der Waals surface area contributed by atoms with Crippen LogP contribution in [0.3, 0.4) is 0 Å². The molecule has 2 aromatic carbocycles. The minimum atomic E-state index is -3.81. The van der Waals surface area contributed by atoms with Crippen LogP contribution in [0.15, 0.2) is 53.4 Å². The van der Waals surface area contributed by atoms with Gasteiger partial charge in [-0.05, 0) is 36.4 Å². The van der Waals surface area contributed by atoms with Crippen LogP contribution in [0.5, 0.6) is 0 Å². The summed E-state index contributed by atoms with van der Waals surface area (Å²) in [5, 5.41) is 0. The van der Waals surface area contributed by atoms with E-state index in [-0.39, 0.29) is 35.2 Å². The number of hydrogen-bond acceptors (Lipinski definition) is 6. The van der Waals surface area contributed by atoms with Crippen LogP contribution in [0.2, 0.25) is 0 Å². The smallest absolute Gasteiger partial charge is 0.244 e. The van der Waals surface area contributed by atoms with E-state index in [2.05, 4.69) is 0 Å². The van der Waals surface area contributed by atoms with Gasteiger partial charge in [-0.2, -0.15) is 4.31 Å². The molecule has 2 aliphatic rings. The number of halogens is 1. The van der Waals surface area contributed by atoms with Gasteiger partial charge in [-0.15, -0.1) is 0 Å². The van der Waals surface area contributed by atoms with Crippen molar-refractivity contribution in [1.82, 2.24) is 4.31 Å². The molecule has 2 aromatic rings. The van der Waals surface area contributed by atoms with Gasteiger partial charge in [-0.25, -0.2) is 25.5 Å². The van der Waals surface area contributed by atoms with Crippen molar-refractivity contribution >= 4 is 37.3 Å². The molecule has 0 aromatic heterocycles. The first-order valence-corrected chi connectivity index (χ1v) is 12.8. The predicted octanol–water partition coefficient (Wildman–Crippen LogP) is 1.65. The van der Waals surface area contributed by atoms with Gasteiger partial charge in [-0.1, -0.05) is 19.1 Å². The molecule has 0 saturated carbocycles. The molecule has 2 heterocycles. The first kappa shape index (κ1) is 21.7. The number of carbonyl (C=O) groups excluding carboxylic acids is 1. The van der Waals surface area contributed by atoms with Crippen molar-refractivity contribution in [3.05, 3.63) is 54.3 Å². The lowest BCUT2D eigenvalue weighted by molar-refractivity contribution is -0.119. The maximum atomic E-state index is 14.0. The van der Waals surface area contributed by atoms with E-state index < -0.39 is 31.9 Å². The van der Waals surface area contributed by atoms with E-state index in [1.165, 1.54) is 34.6 Å². The molecule has 4 rings (SSSR count). The Labute approximate surface area is 181 Å². The van der Waals surface area contributed by atoms with Crippen LogP contribution in [0, 0.1) is 11.7 Å². The van der Waals surface area contributed by atoms with Crippen LogP contribution in [0.4, 0.5) is 15.8 Å². The van der Waals surface area contributed by atoms with Crippen molar-refractivity contribution in [3.63, 3.8) is 0 Å². The summed E-state index contributed by atoms with van der Waals surface area (Å²) in [6.45, 7) is 2.61. The molecular weight excluding hydrogens is 445 g/mol. The fourth-order valence-electron chi connectivity index (χ4n) is 3.87. The Balaban J connectivity index is 1.50. The summed E-state index contributed by atoms with van der Waals surface area (Å²) in [7, 11) is -7.57. The van der Waals surface area contributed by atoms with Crippen LogP contribution in [0.25, 0.3) is 0 Å². The van der Waals surface area contributed by atoms with Crippen molar-refractivity contribution in [1.29, 1.82) is 0 Å². The van der Waals surface area contributed by atoms with Crippen molar-refractivity contribution in [2.75, 3.05) is 41.1 Å². The highest BCUT2D eigenvalue weighted by molar-refractivity contribution is 7.94. The fourth-order valence-corrected chi connectivity index (χ4v) is 7.11. The van der Waals surface area contributed by atoms with Crippen molar-refractivity contribution in [3.8, 4) is 0 Å². The van der Waals surface area contributed by atoms with Crippen LogP contribution in [-0.4, -0.2) is 59.0 Å². The number of nitrogens with zero attached hydrogens (tertiary/aromatic N) is 3. The first-order valence-electron chi connectivity index (χ1n) is 9.78. The Kier molecular flexibility index (Phi) is 5.52. The summed E-state index contributed by atoms with van der Waals surface area (Å²) in [4.78, 5) is 14.0. The number of amides is 1. The Hall–Kier alpha value is -2.50. The van der Waals surface area contributed by atoms with Gasteiger partial charge in [0, 0.05) is 26.2 Å². The van der Waals surface area contributed by atoms with Crippen molar-refractivity contribution in [2.45, 2.75) is 11.8 Å². The molecule has 1 atom stereocenters. The van der Waals surface area contributed by atoms with Gasteiger partial charge in [0.15, 0.2) is 0 Å². The topological polar surface area (TPSA) is 95.1 Å². The molecule has 2 saturated heterocycles. The fraction of sp³-hybridized carbons (Fsp3) is 0.350. The Morgan fingerprint density at radius 2 is 1.58 bits per heavy atom. The van der Waals surface area contributed by atoms with Crippen molar-refractivity contribution in [2.24, 2.45) is 5.92 Å². The molecule has 31 heavy (non-hydrogen) atoms. The second-order valence-corrected chi connectivity index (χ2v) is 11.4. The minimum Gasteiger partial charge on any atom is -0.367 e. The van der Waals surface area contributed by atoms with Crippen LogP contribution in [-0.2, 0) is 24.8 Å². The van der Waals surface area contributed by atoms with Crippen LogP contribution in [0.1, 0.15) is 6.92 Å². The van der Waals surface area contributed by atoms with E-state index in [9.17, 15) is 26.0 Å². The molecule has 166 valence electrons. The van der Waals surface area contributed by atoms with Gasteiger partial charge in [0.2, 0.25) is 26.0 Å². The number of benzene rings is 2. The summed E-state index contributed by atoms with van der Waals surface area (Å²) in [5.74, 6) is -1.79.